The lowest BCUT2D eigenvalue weighted by Crippen LogP contribution is -1.74. The molecule has 0 heterocycles. The van der Waals surface area contributed by atoms with Crippen molar-refractivity contribution in [2.24, 2.45) is 0 Å². The van der Waals surface area contributed by atoms with Crippen LogP contribution in [0.4, 0.5) is 4.53 Å². The van der Waals surface area contributed by atoms with E-state index >= 15 is 0 Å². The maximum absolute atomic E-state index is 10.9. The third kappa shape index (κ3) is 5.37. The van der Waals surface area contributed by atoms with Crippen molar-refractivity contribution >= 4 is 0 Å². The van der Waals surface area contributed by atoms with Crippen LogP contribution in [0.15, 0.2) is 24.3 Å². The molecule has 0 aromatic carbocycles. The van der Waals surface area contributed by atoms with Gasteiger partial charge in [-0.05, 0) is 11.4 Å². The van der Waals surface area contributed by atoms with Gasteiger partial charge in [0, 0.05) is 0 Å². The number of halogens is 1. The van der Waals surface area contributed by atoms with Crippen LogP contribution in [-0.2, 0) is 4.94 Å². The molecule has 0 unspecified atom stereocenters. The first-order valence-corrected chi connectivity index (χ1v) is 2.33. The van der Waals surface area contributed by atoms with E-state index in [4.69, 9.17) is 0 Å². The first-order chi connectivity index (χ1) is 3.77. The predicted octanol–water partition coefficient (Wildman–Crippen LogP) is 2.02. The van der Waals surface area contributed by atoms with E-state index in [0.717, 1.165) is 5.57 Å². The summed E-state index contributed by atoms with van der Waals surface area (Å²) < 4.78 is 10.9. The fraction of sp³-hybridized carbons (Fsp3) is 0.333. The van der Waals surface area contributed by atoms with Crippen LogP contribution in [0.5, 0.6) is 0 Å². The van der Waals surface area contributed by atoms with Crippen molar-refractivity contribution in [3.05, 3.63) is 24.3 Å². The summed E-state index contributed by atoms with van der Waals surface area (Å²) in [6, 6.07) is 0. The van der Waals surface area contributed by atoms with Gasteiger partial charge in [0.25, 0.3) is 0 Å². The highest BCUT2D eigenvalue weighted by molar-refractivity contribution is 5.10. The average molecular weight is 116 g/mol. The Morgan fingerprint density at radius 1 is 1.88 bits per heavy atom. The molecule has 2 heteroatoms. The van der Waals surface area contributed by atoms with Crippen LogP contribution >= 0.6 is 0 Å². The first kappa shape index (κ1) is 7.37. The van der Waals surface area contributed by atoms with Gasteiger partial charge in [-0.2, -0.15) is 4.94 Å². The van der Waals surface area contributed by atoms with E-state index in [0.29, 0.717) is 0 Å². The minimum atomic E-state index is 0.00681. The van der Waals surface area contributed by atoms with Gasteiger partial charge in [0.2, 0.25) is 0 Å². The van der Waals surface area contributed by atoms with Crippen molar-refractivity contribution in [1.29, 1.82) is 0 Å². The molecule has 0 aromatic rings. The lowest BCUT2D eigenvalue weighted by molar-refractivity contribution is -0.117. The summed E-state index contributed by atoms with van der Waals surface area (Å²) >= 11 is 0. The van der Waals surface area contributed by atoms with Crippen LogP contribution in [0, 0.1) is 0 Å². The smallest absolute Gasteiger partial charge is 0.106 e. The van der Waals surface area contributed by atoms with Crippen molar-refractivity contribution in [1.82, 2.24) is 0 Å². The molecule has 0 saturated heterocycles. The molecule has 0 N–H and O–H groups in total. The van der Waals surface area contributed by atoms with Crippen LogP contribution in [0.3, 0.4) is 0 Å². The highest BCUT2D eigenvalue weighted by Gasteiger charge is 1.74. The summed E-state index contributed by atoms with van der Waals surface area (Å²) in [5.74, 6) is 0. The van der Waals surface area contributed by atoms with Gasteiger partial charge >= 0.3 is 0 Å². The molecule has 0 aromatic heterocycles. The molecule has 0 atom stereocenters. The molecule has 0 saturated carbocycles. The summed E-state index contributed by atoms with van der Waals surface area (Å²) in [6.45, 7) is 5.40. The zero-order valence-corrected chi connectivity index (χ0v) is 4.86. The average Bonchev–Trinajstić information content (AvgIpc) is 1.66. The van der Waals surface area contributed by atoms with Crippen molar-refractivity contribution in [3.8, 4) is 0 Å². The maximum Gasteiger partial charge on any atom is 0.106 e. The Kier molecular flexibility index (Phi) is 4.17. The molecular formula is C6H9FO. The molecule has 0 radical (unpaired) electrons. The van der Waals surface area contributed by atoms with E-state index in [-0.39, 0.29) is 6.61 Å². The van der Waals surface area contributed by atoms with Gasteiger partial charge in [0.1, 0.15) is 6.61 Å². The van der Waals surface area contributed by atoms with Gasteiger partial charge in [-0.15, -0.1) is 0 Å². The van der Waals surface area contributed by atoms with Crippen LogP contribution < -0.4 is 0 Å². The third-order valence-corrected chi connectivity index (χ3v) is 0.562. The fourth-order valence-corrected chi connectivity index (χ4v) is 0.286. The maximum atomic E-state index is 10.9. The summed E-state index contributed by atoms with van der Waals surface area (Å²) in [7, 11) is 0. The van der Waals surface area contributed by atoms with Crippen LogP contribution in [0.1, 0.15) is 6.92 Å². The molecule has 46 valence electrons. The fourth-order valence-electron chi connectivity index (χ4n) is 0.286. The molecule has 0 aliphatic carbocycles. The molecular weight excluding hydrogens is 107 g/mol. The second kappa shape index (κ2) is 4.53. The second-order valence-electron chi connectivity index (χ2n) is 1.52. The summed E-state index contributed by atoms with van der Waals surface area (Å²) in [5, 5.41) is 0. The molecule has 0 amide bonds. The number of allylic oxidation sites excluding steroid dienone is 2. The Balaban J connectivity index is 3.20. The standard InChI is InChI=1S/C6H9FO/c1-6(2)4-3-5-8-7/h3-4H,1,5H2,2H3. The summed E-state index contributed by atoms with van der Waals surface area (Å²) in [5.41, 5.74) is 0.891. The second-order valence-corrected chi connectivity index (χ2v) is 1.52. The van der Waals surface area contributed by atoms with Crippen molar-refractivity contribution in [3.63, 3.8) is 0 Å². The quantitative estimate of drug-likeness (QED) is 0.512. The third-order valence-electron chi connectivity index (χ3n) is 0.562. The SMILES string of the molecule is C=C(C)C=CCOF. The number of hydrogen-bond donors (Lipinski definition) is 0. The van der Waals surface area contributed by atoms with Crippen LogP contribution in [0.2, 0.25) is 0 Å². The van der Waals surface area contributed by atoms with E-state index in [1.54, 1.807) is 12.2 Å². The van der Waals surface area contributed by atoms with E-state index < -0.39 is 0 Å². The molecule has 8 heavy (non-hydrogen) atoms. The van der Waals surface area contributed by atoms with Gasteiger partial charge in [0.05, 0.1) is 0 Å². The van der Waals surface area contributed by atoms with Gasteiger partial charge in [-0.3, -0.25) is 0 Å². The topological polar surface area (TPSA) is 9.23 Å². The molecule has 0 spiro atoms. The molecule has 0 aliphatic heterocycles. The van der Waals surface area contributed by atoms with Crippen molar-refractivity contribution in [2.75, 3.05) is 6.61 Å². The molecule has 0 bridgehead atoms. The minimum Gasteiger partial charge on any atom is -0.190 e. The molecule has 0 fully saturated rings. The van der Waals surface area contributed by atoms with Crippen molar-refractivity contribution in [2.45, 2.75) is 6.92 Å². The normalized spacial score (nSPS) is 10.2. The number of rotatable bonds is 3. The Bertz CT molecular complexity index is 96.7. The van der Waals surface area contributed by atoms with E-state index in [9.17, 15) is 4.53 Å². The van der Waals surface area contributed by atoms with Gasteiger partial charge in [0.15, 0.2) is 0 Å². The Hall–Kier alpha value is -0.630. The Morgan fingerprint density at radius 3 is 2.88 bits per heavy atom. The van der Waals surface area contributed by atoms with Crippen LogP contribution in [-0.4, -0.2) is 6.61 Å². The van der Waals surface area contributed by atoms with Gasteiger partial charge in [-0.25, -0.2) is 0 Å². The lowest BCUT2D eigenvalue weighted by atomic mass is 10.3. The number of hydrogen-bond acceptors (Lipinski definition) is 1. The molecule has 0 rings (SSSR count). The van der Waals surface area contributed by atoms with E-state index in [1.165, 1.54) is 0 Å². The summed E-state index contributed by atoms with van der Waals surface area (Å²) in [4.78, 5) is 3.26. The largest absolute Gasteiger partial charge is 0.190 e. The zero-order valence-electron chi connectivity index (χ0n) is 4.86. The highest BCUT2D eigenvalue weighted by atomic mass is 19.3. The monoisotopic (exact) mass is 116 g/mol. The predicted molar refractivity (Wildman–Crippen MR) is 31.0 cm³/mol. The van der Waals surface area contributed by atoms with Crippen molar-refractivity contribution < 1.29 is 9.47 Å². The van der Waals surface area contributed by atoms with Crippen LogP contribution in [0.25, 0.3) is 0 Å². The Labute approximate surface area is 48.4 Å². The molecule has 0 aliphatic rings. The van der Waals surface area contributed by atoms with Gasteiger partial charge < -0.3 is 0 Å². The highest BCUT2D eigenvalue weighted by Crippen LogP contribution is 1.88. The summed E-state index contributed by atoms with van der Waals surface area (Å²) in [6.07, 6.45) is 3.25. The van der Waals surface area contributed by atoms with E-state index in [1.807, 2.05) is 6.92 Å². The first-order valence-electron chi connectivity index (χ1n) is 2.33. The Morgan fingerprint density at radius 2 is 2.50 bits per heavy atom. The van der Waals surface area contributed by atoms with Gasteiger partial charge in [-0.1, -0.05) is 24.3 Å². The van der Waals surface area contributed by atoms with E-state index in [2.05, 4.69) is 11.5 Å². The molecule has 1 nitrogen and oxygen atoms in total. The lowest BCUT2D eigenvalue weighted by Gasteiger charge is -1.82. The zero-order chi connectivity index (χ0) is 6.41. The minimum absolute atomic E-state index is 0.00681.